The average Bonchev–Trinajstić information content (AvgIpc) is 2.31. The normalized spacial score (nSPS) is 23.4. The molecule has 1 saturated heterocycles. The topological polar surface area (TPSA) is 77.9 Å². The van der Waals surface area contributed by atoms with Gasteiger partial charge in [0.15, 0.2) is 0 Å². The molecule has 1 saturated carbocycles. The van der Waals surface area contributed by atoms with Crippen molar-refractivity contribution in [1.82, 2.24) is 9.80 Å². The maximum atomic E-state index is 12.3. The van der Waals surface area contributed by atoms with Gasteiger partial charge in [0.25, 0.3) is 0 Å². The first kappa shape index (κ1) is 14.6. The van der Waals surface area contributed by atoms with Gasteiger partial charge in [-0.25, -0.2) is 0 Å². The zero-order chi connectivity index (χ0) is 14.7. The molecule has 1 atom stereocenters. The highest BCUT2D eigenvalue weighted by Gasteiger charge is 2.41. The Kier molecular flexibility index (Phi) is 4.42. The van der Waals surface area contributed by atoms with Gasteiger partial charge in [-0.15, -0.1) is 6.58 Å². The molecule has 1 heterocycles. The molecule has 1 aliphatic carbocycles. The van der Waals surface area contributed by atoms with Gasteiger partial charge < -0.3 is 14.9 Å². The van der Waals surface area contributed by atoms with Crippen molar-refractivity contribution < 1.29 is 19.5 Å². The number of hydrogen-bond donors (Lipinski definition) is 1. The quantitative estimate of drug-likeness (QED) is 0.743. The minimum Gasteiger partial charge on any atom is -0.481 e. The van der Waals surface area contributed by atoms with E-state index in [1.807, 2.05) is 0 Å². The van der Waals surface area contributed by atoms with Gasteiger partial charge >= 0.3 is 5.97 Å². The molecule has 2 fully saturated rings. The molecule has 2 amide bonds. The summed E-state index contributed by atoms with van der Waals surface area (Å²) in [4.78, 5) is 38.6. The Balaban J connectivity index is 2.13. The summed E-state index contributed by atoms with van der Waals surface area (Å²) in [5.41, 5.74) is 0. The van der Waals surface area contributed by atoms with Crippen LogP contribution in [0.2, 0.25) is 0 Å². The molecule has 1 N–H and O–H groups in total. The van der Waals surface area contributed by atoms with E-state index in [-0.39, 0.29) is 24.2 Å². The highest BCUT2D eigenvalue weighted by atomic mass is 16.4. The molecule has 0 spiro atoms. The van der Waals surface area contributed by atoms with E-state index in [1.54, 1.807) is 11.0 Å². The van der Waals surface area contributed by atoms with Crippen LogP contribution in [-0.2, 0) is 14.4 Å². The number of rotatable bonds is 5. The zero-order valence-corrected chi connectivity index (χ0v) is 11.5. The van der Waals surface area contributed by atoms with Crippen molar-refractivity contribution in [1.29, 1.82) is 0 Å². The van der Waals surface area contributed by atoms with E-state index in [4.69, 9.17) is 5.11 Å². The van der Waals surface area contributed by atoms with Crippen LogP contribution in [0, 0.1) is 5.92 Å². The number of carboxylic acids is 1. The van der Waals surface area contributed by atoms with Gasteiger partial charge in [-0.1, -0.05) is 12.5 Å². The number of amides is 2. The molecule has 0 bridgehead atoms. The smallest absolute Gasteiger partial charge is 0.305 e. The third-order valence-electron chi connectivity index (χ3n) is 4.04. The molecule has 0 aromatic carbocycles. The summed E-state index contributed by atoms with van der Waals surface area (Å²) < 4.78 is 0. The fourth-order valence-electron chi connectivity index (χ4n) is 2.69. The Hall–Kier alpha value is -1.85. The molecule has 2 rings (SSSR count). The second-order valence-electron chi connectivity index (χ2n) is 5.35. The summed E-state index contributed by atoms with van der Waals surface area (Å²) in [6.45, 7) is 4.83. The number of carboxylic acid groups (broad SMARTS) is 1. The molecule has 0 radical (unpaired) electrons. The maximum Gasteiger partial charge on any atom is 0.305 e. The molecule has 20 heavy (non-hydrogen) atoms. The summed E-state index contributed by atoms with van der Waals surface area (Å²) in [5.74, 6) is -1.43. The van der Waals surface area contributed by atoms with E-state index in [1.165, 1.54) is 4.90 Å². The Morgan fingerprint density at radius 3 is 2.55 bits per heavy atom. The minimum atomic E-state index is -1.06. The standard InChI is InChI=1S/C14H20N2O4/c1-2-6-15-7-8-16(13(19)10-4-3-5-10)11(14(15)20)9-12(17)18/h2,10-11H,1,3-9H2,(H,17,18). The van der Waals surface area contributed by atoms with Crippen LogP contribution in [0.25, 0.3) is 0 Å². The van der Waals surface area contributed by atoms with Gasteiger partial charge in [0.05, 0.1) is 6.42 Å². The van der Waals surface area contributed by atoms with Gasteiger partial charge in [-0.3, -0.25) is 14.4 Å². The molecule has 6 nitrogen and oxygen atoms in total. The Bertz CT molecular complexity index is 431. The summed E-state index contributed by atoms with van der Waals surface area (Å²) in [6, 6.07) is -0.866. The number of carbonyl (C=O) groups is 3. The first-order valence-electron chi connectivity index (χ1n) is 6.96. The highest BCUT2D eigenvalue weighted by molar-refractivity contribution is 5.92. The molecule has 1 aliphatic heterocycles. The molecular formula is C14H20N2O4. The second kappa shape index (κ2) is 6.07. The van der Waals surface area contributed by atoms with Crippen molar-refractivity contribution in [3.05, 3.63) is 12.7 Å². The number of carbonyl (C=O) groups excluding carboxylic acids is 2. The predicted octanol–water partition coefficient (Wildman–Crippen LogP) is 0.487. The number of aliphatic carboxylic acids is 1. The molecular weight excluding hydrogens is 260 g/mol. The van der Waals surface area contributed by atoms with E-state index in [2.05, 4.69) is 6.58 Å². The van der Waals surface area contributed by atoms with Crippen LogP contribution in [-0.4, -0.2) is 58.4 Å². The van der Waals surface area contributed by atoms with Gasteiger partial charge in [-0.05, 0) is 12.8 Å². The van der Waals surface area contributed by atoms with Gasteiger partial charge in [0.2, 0.25) is 11.8 Å². The van der Waals surface area contributed by atoms with Crippen LogP contribution in [0.5, 0.6) is 0 Å². The van der Waals surface area contributed by atoms with Crippen LogP contribution in [0.15, 0.2) is 12.7 Å². The number of hydrogen-bond acceptors (Lipinski definition) is 3. The van der Waals surface area contributed by atoms with Gasteiger partial charge in [0.1, 0.15) is 6.04 Å². The summed E-state index contributed by atoms with van der Waals surface area (Å²) in [6.07, 6.45) is 4.01. The van der Waals surface area contributed by atoms with Crippen molar-refractivity contribution in [2.24, 2.45) is 5.92 Å². The summed E-state index contributed by atoms with van der Waals surface area (Å²) >= 11 is 0. The molecule has 110 valence electrons. The third kappa shape index (κ3) is 2.84. The lowest BCUT2D eigenvalue weighted by molar-refractivity contribution is -0.158. The van der Waals surface area contributed by atoms with Crippen LogP contribution >= 0.6 is 0 Å². The van der Waals surface area contributed by atoms with E-state index in [0.29, 0.717) is 19.6 Å². The van der Waals surface area contributed by atoms with Crippen molar-refractivity contribution >= 4 is 17.8 Å². The zero-order valence-electron chi connectivity index (χ0n) is 11.5. The lowest BCUT2D eigenvalue weighted by Gasteiger charge is -2.42. The van der Waals surface area contributed by atoms with E-state index in [9.17, 15) is 14.4 Å². The first-order valence-corrected chi connectivity index (χ1v) is 6.96. The van der Waals surface area contributed by atoms with Crippen molar-refractivity contribution in [2.45, 2.75) is 31.7 Å². The van der Waals surface area contributed by atoms with Crippen LogP contribution in [0.4, 0.5) is 0 Å². The van der Waals surface area contributed by atoms with Gasteiger partial charge in [0, 0.05) is 25.6 Å². The Morgan fingerprint density at radius 1 is 1.35 bits per heavy atom. The predicted molar refractivity (Wildman–Crippen MR) is 71.9 cm³/mol. The molecule has 0 aromatic rings. The minimum absolute atomic E-state index is 0.0231. The monoisotopic (exact) mass is 280 g/mol. The Morgan fingerprint density at radius 2 is 2.05 bits per heavy atom. The SMILES string of the molecule is C=CCN1CCN(C(=O)C2CCC2)C(CC(=O)O)C1=O. The molecule has 2 aliphatic rings. The number of nitrogens with zero attached hydrogens (tertiary/aromatic N) is 2. The fraction of sp³-hybridized carbons (Fsp3) is 0.643. The Labute approximate surface area is 118 Å². The van der Waals surface area contributed by atoms with Crippen molar-refractivity contribution in [2.75, 3.05) is 19.6 Å². The maximum absolute atomic E-state index is 12.3. The largest absolute Gasteiger partial charge is 0.481 e. The van der Waals surface area contributed by atoms with E-state index < -0.39 is 12.0 Å². The lowest BCUT2D eigenvalue weighted by Crippen LogP contribution is -2.60. The molecule has 6 heteroatoms. The van der Waals surface area contributed by atoms with E-state index in [0.717, 1.165) is 19.3 Å². The van der Waals surface area contributed by atoms with Crippen molar-refractivity contribution in [3.63, 3.8) is 0 Å². The average molecular weight is 280 g/mol. The second-order valence-corrected chi connectivity index (χ2v) is 5.35. The number of piperazine rings is 1. The van der Waals surface area contributed by atoms with Crippen LogP contribution in [0.3, 0.4) is 0 Å². The molecule has 1 unspecified atom stereocenters. The van der Waals surface area contributed by atoms with Crippen LogP contribution < -0.4 is 0 Å². The van der Waals surface area contributed by atoms with Crippen molar-refractivity contribution in [3.8, 4) is 0 Å². The summed E-state index contributed by atoms with van der Waals surface area (Å²) in [7, 11) is 0. The highest BCUT2D eigenvalue weighted by Crippen LogP contribution is 2.30. The van der Waals surface area contributed by atoms with Crippen LogP contribution in [0.1, 0.15) is 25.7 Å². The lowest BCUT2D eigenvalue weighted by atomic mass is 9.83. The van der Waals surface area contributed by atoms with Gasteiger partial charge in [-0.2, -0.15) is 0 Å². The summed E-state index contributed by atoms with van der Waals surface area (Å²) in [5, 5.41) is 8.98. The third-order valence-corrected chi connectivity index (χ3v) is 4.04. The molecule has 0 aromatic heterocycles. The fourth-order valence-corrected chi connectivity index (χ4v) is 2.69. The first-order chi connectivity index (χ1) is 9.54. The van der Waals surface area contributed by atoms with E-state index >= 15 is 0 Å².